The zero-order valence-electron chi connectivity index (χ0n) is 11.5. The standard InChI is InChI=1S/C15H26OS2/c1-2-14-15(18-11-10-17-14)13(16)9-8-12-6-4-3-5-7-12/h12,14-15H,2-11H2,1H3. The third-order valence-corrected chi connectivity index (χ3v) is 7.59. The Kier molecular flexibility index (Phi) is 6.43. The van der Waals surface area contributed by atoms with Gasteiger partial charge >= 0.3 is 0 Å². The zero-order chi connectivity index (χ0) is 12.8. The van der Waals surface area contributed by atoms with Crippen LogP contribution in [0, 0.1) is 5.92 Å². The average Bonchev–Trinajstić information content (AvgIpc) is 2.45. The van der Waals surface area contributed by atoms with Gasteiger partial charge in [0.25, 0.3) is 0 Å². The molecule has 3 heteroatoms. The molecule has 2 atom stereocenters. The quantitative estimate of drug-likeness (QED) is 0.738. The Morgan fingerprint density at radius 1 is 1.11 bits per heavy atom. The maximum atomic E-state index is 12.4. The van der Waals surface area contributed by atoms with Gasteiger partial charge in [-0.3, -0.25) is 4.79 Å². The first kappa shape index (κ1) is 14.8. The first-order valence-corrected chi connectivity index (χ1v) is 9.67. The maximum absolute atomic E-state index is 12.4. The molecule has 1 saturated heterocycles. The smallest absolute Gasteiger partial charge is 0.146 e. The molecule has 1 saturated carbocycles. The van der Waals surface area contributed by atoms with E-state index in [2.05, 4.69) is 6.92 Å². The van der Waals surface area contributed by atoms with Crippen LogP contribution < -0.4 is 0 Å². The summed E-state index contributed by atoms with van der Waals surface area (Å²) < 4.78 is 0. The van der Waals surface area contributed by atoms with Gasteiger partial charge in [-0.15, -0.1) is 11.8 Å². The van der Waals surface area contributed by atoms with Crippen LogP contribution in [0.3, 0.4) is 0 Å². The first-order valence-electron chi connectivity index (χ1n) is 7.57. The summed E-state index contributed by atoms with van der Waals surface area (Å²) in [6, 6.07) is 0. The fourth-order valence-corrected chi connectivity index (χ4v) is 6.24. The van der Waals surface area contributed by atoms with Gasteiger partial charge in [-0.2, -0.15) is 11.8 Å². The van der Waals surface area contributed by atoms with E-state index in [0.29, 0.717) is 16.3 Å². The summed E-state index contributed by atoms with van der Waals surface area (Å²) >= 11 is 3.94. The van der Waals surface area contributed by atoms with Gasteiger partial charge in [0.2, 0.25) is 0 Å². The number of carbonyl (C=O) groups is 1. The molecule has 0 spiro atoms. The predicted molar refractivity (Wildman–Crippen MR) is 83.6 cm³/mol. The van der Waals surface area contributed by atoms with Crippen molar-refractivity contribution in [2.45, 2.75) is 68.8 Å². The van der Waals surface area contributed by atoms with E-state index >= 15 is 0 Å². The van der Waals surface area contributed by atoms with Crippen molar-refractivity contribution in [2.75, 3.05) is 11.5 Å². The largest absolute Gasteiger partial charge is 0.298 e. The van der Waals surface area contributed by atoms with Crippen molar-refractivity contribution in [3.63, 3.8) is 0 Å². The van der Waals surface area contributed by atoms with Crippen LogP contribution in [0.4, 0.5) is 0 Å². The normalized spacial score (nSPS) is 30.3. The molecule has 0 amide bonds. The minimum atomic E-state index is 0.303. The molecule has 104 valence electrons. The fourth-order valence-electron chi connectivity index (χ4n) is 3.17. The van der Waals surface area contributed by atoms with Crippen LogP contribution in [0.25, 0.3) is 0 Å². The number of ketones is 1. The summed E-state index contributed by atoms with van der Waals surface area (Å²) in [5, 5.41) is 0.889. The first-order chi connectivity index (χ1) is 8.81. The van der Waals surface area contributed by atoms with Crippen LogP contribution in [-0.2, 0) is 4.79 Å². The van der Waals surface area contributed by atoms with Gasteiger partial charge in [0.05, 0.1) is 5.25 Å². The summed E-state index contributed by atoms with van der Waals surface area (Å²) in [6.07, 6.45) is 10.1. The highest BCUT2D eigenvalue weighted by atomic mass is 32.2. The lowest BCUT2D eigenvalue weighted by Crippen LogP contribution is -2.33. The van der Waals surface area contributed by atoms with Crippen molar-refractivity contribution in [1.29, 1.82) is 0 Å². The molecule has 2 fully saturated rings. The minimum Gasteiger partial charge on any atom is -0.298 e. The molecule has 1 heterocycles. The molecule has 2 aliphatic rings. The monoisotopic (exact) mass is 286 g/mol. The second-order valence-corrected chi connectivity index (χ2v) is 8.21. The van der Waals surface area contributed by atoms with Gasteiger partial charge < -0.3 is 0 Å². The van der Waals surface area contributed by atoms with Crippen LogP contribution in [0.1, 0.15) is 58.3 Å². The van der Waals surface area contributed by atoms with Crippen molar-refractivity contribution in [1.82, 2.24) is 0 Å². The SMILES string of the molecule is CCC1SCCSC1C(=O)CCC1CCCCC1. The molecule has 0 aromatic carbocycles. The molecule has 2 rings (SSSR count). The number of Topliss-reactive ketones (excluding diaryl/α,β-unsaturated/α-hetero) is 1. The van der Waals surface area contributed by atoms with E-state index in [0.717, 1.165) is 25.2 Å². The van der Waals surface area contributed by atoms with Gasteiger partial charge in [-0.05, 0) is 18.8 Å². The number of carbonyl (C=O) groups excluding carboxylic acids is 1. The van der Waals surface area contributed by atoms with E-state index in [1.807, 2.05) is 23.5 Å². The zero-order valence-corrected chi connectivity index (χ0v) is 13.2. The molecule has 0 N–H and O–H groups in total. The van der Waals surface area contributed by atoms with Crippen molar-refractivity contribution >= 4 is 29.3 Å². The summed E-state index contributed by atoms with van der Waals surface area (Å²) in [7, 11) is 0. The minimum absolute atomic E-state index is 0.303. The maximum Gasteiger partial charge on any atom is 0.146 e. The molecule has 1 nitrogen and oxygen atoms in total. The van der Waals surface area contributed by atoms with E-state index in [1.165, 1.54) is 43.6 Å². The van der Waals surface area contributed by atoms with Crippen molar-refractivity contribution < 1.29 is 4.79 Å². The fraction of sp³-hybridized carbons (Fsp3) is 0.933. The molecule has 0 aromatic rings. The molecule has 0 bridgehead atoms. The number of hydrogen-bond donors (Lipinski definition) is 0. The number of hydrogen-bond acceptors (Lipinski definition) is 3. The second kappa shape index (κ2) is 7.84. The van der Waals surface area contributed by atoms with Crippen molar-refractivity contribution in [3.8, 4) is 0 Å². The Labute approximate surface area is 120 Å². The predicted octanol–water partition coefficient (Wildman–Crippen LogP) is 4.54. The molecule has 0 aromatic heterocycles. The Morgan fingerprint density at radius 3 is 2.56 bits per heavy atom. The molecular weight excluding hydrogens is 260 g/mol. The van der Waals surface area contributed by atoms with Gasteiger partial charge in [0.15, 0.2) is 0 Å². The highest BCUT2D eigenvalue weighted by Crippen LogP contribution is 2.35. The van der Waals surface area contributed by atoms with E-state index in [-0.39, 0.29) is 0 Å². The number of thioether (sulfide) groups is 2. The lowest BCUT2D eigenvalue weighted by Gasteiger charge is -2.29. The van der Waals surface area contributed by atoms with Crippen LogP contribution in [0.15, 0.2) is 0 Å². The summed E-state index contributed by atoms with van der Waals surface area (Å²) in [5.74, 6) is 3.80. The third kappa shape index (κ3) is 4.19. The molecule has 1 aliphatic heterocycles. The Balaban J connectivity index is 1.75. The van der Waals surface area contributed by atoms with Gasteiger partial charge in [0, 0.05) is 23.2 Å². The highest BCUT2D eigenvalue weighted by Gasteiger charge is 2.30. The lowest BCUT2D eigenvalue weighted by molar-refractivity contribution is -0.118. The topological polar surface area (TPSA) is 17.1 Å². The Bertz CT molecular complexity index is 261. The van der Waals surface area contributed by atoms with Gasteiger partial charge in [-0.25, -0.2) is 0 Å². The van der Waals surface area contributed by atoms with E-state index in [4.69, 9.17) is 0 Å². The van der Waals surface area contributed by atoms with Crippen molar-refractivity contribution in [2.24, 2.45) is 5.92 Å². The van der Waals surface area contributed by atoms with E-state index < -0.39 is 0 Å². The van der Waals surface area contributed by atoms with Gasteiger partial charge in [0.1, 0.15) is 5.78 Å². The molecule has 2 unspecified atom stereocenters. The molecule has 1 aliphatic carbocycles. The Hall–Kier alpha value is 0.370. The molecule has 18 heavy (non-hydrogen) atoms. The number of rotatable bonds is 5. The van der Waals surface area contributed by atoms with Crippen LogP contribution >= 0.6 is 23.5 Å². The van der Waals surface area contributed by atoms with Crippen LogP contribution in [0.5, 0.6) is 0 Å². The van der Waals surface area contributed by atoms with E-state index in [9.17, 15) is 4.79 Å². The molecular formula is C15H26OS2. The summed E-state index contributed by atoms with van der Waals surface area (Å²) in [4.78, 5) is 12.4. The summed E-state index contributed by atoms with van der Waals surface area (Å²) in [5.41, 5.74) is 0. The van der Waals surface area contributed by atoms with Crippen LogP contribution in [0.2, 0.25) is 0 Å². The Morgan fingerprint density at radius 2 is 1.83 bits per heavy atom. The average molecular weight is 287 g/mol. The molecule has 0 radical (unpaired) electrons. The van der Waals surface area contributed by atoms with Crippen LogP contribution in [-0.4, -0.2) is 27.8 Å². The third-order valence-electron chi connectivity index (χ3n) is 4.29. The summed E-state index contributed by atoms with van der Waals surface area (Å²) in [6.45, 7) is 2.23. The second-order valence-electron chi connectivity index (χ2n) is 5.62. The van der Waals surface area contributed by atoms with E-state index in [1.54, 1.807) is 0 Å². The van der Waals surface area contributed by atoms with Gasteiger partial charge in [-0.1, -0.05) is 39.0 Å². The highest BCUT2D eigenvalue weighted by molar-refractivity contribution is 8.07. The van der Waals surface area contributed by atoms with Crippen molar-refractivity contribution in [3.05, 3.63) is 0 Å². The lowest BCUT2D eigenvalue weighted by atomic mass is 9.85.